The lowest BCUT2D eigenvalue weighted by atomic mass is 10.1. The minimum absolute atomic E-state index is 0.758. The molecular formula is C10H16N2. The maximum atomic E-state index is 5.43. The zero-order chi connectivity index (χ0) is 9.56. The van der Waals surface area contributed by atoms with Crippen LogP contribution in [-0.2, 0) is 0 Å². The second kappa shape index (κ2) is 5.35. The summed E-state index contributed by atoms with van der Waals surface area (Å²) in [7, 11) is 0. The van der Waals surface area contributed by atoms with Gasteiger partial charge in [-0.2, -0.15) is 0 Å². The topological polar surface area (TPSA) is 38.4 Å². The normalized spacial score (nSPS) is 12.8. The fraction of sp³-hybridized carbons (Fsp3) is 0.300. The van der Waals surface area contributed by atoms with Crippen molar-refractivity contribution in [1.82, 2.24) is 0 Å². The molecule has 0 saturated heterocycles. The molecule has 0 radical (unpaired) electrons. The molecule has 0 amide bonds. The van der Waals surface area contributed by atoms with Crippen LogP contribution in [0.3, 0.4) is 0 Å². The fourth-order valence-electron chi connectivity index (χ4n) is 0.892. The third-order valence-electron chi connectivity index (χ3n) is 1.54. The first-order valence-electron chi connectivity index (χ1n) is 3.92. The molecular weight excluding hydrogens is 148 g/mol. The van der Waals surface area contributed by atoms with Gasteiger partial charge in [-0.05, 0) is 19.4 Å². The van der Waals surface area contributed by atoms with Crippen LogP contribution in [0.25, 0.3) is 0 Å². The van der Waals surface area contributed by atoms with Gasteiger partial charge < -0.3 is 5.73 Å². The molecule has 0 aliphatic rings. The molecule has 0 rings (SSSR count). The molecule has 0 aromatic heterocycles. The molecule has 0 aromatic carbocycles. The van der Waals surface area contributed by atoms with Crippen molar-refractivity contribution < 1.29 is 0 Å². The Morgan fingerprint density at radius 2 is 2.17 bits per heavy atom. The summed E-state index contributed by atoms with van der Waals surface area (Å²) in [5.41, 5.74) is 8.02. The molecule has 0 aliphatic heterocycles. The van der Waals surface area contributed by atoms with E-state index >= 15 is 0 Å². The average Bonchev–Trinajstić information content (AvgIpc) is 2.06. The van der Waals surface area contributed by atoms with Crippen molar-refractivity contribution in [2.45, 2.75) is 13.8 Å². The Balaban J connectivity index is 4.70. The average molecular weight is 164 g/mol. The molecule has 2 nitrogen and oxygen atoms in total. The molecule has 12 heavy (non-hydrogen) atoms. The number of hydrogen-bond donors (Lipinski definition) is 1. The van der Waals surface area contributed by atoms with Crippen LogP contribution in [0.2, 0.25) is 0 Å². The van der Waals surface area contributed by atoms with Gasteiger partial charge in [0.25, 0.3) is 0 Å². The maximum Gasteiger partial charge on any atom is 0.0409 e. The van der Waals surface area contributed by atoms with Crippen LogP contribution in [0, 0.1) is 0 Å². The summed E-state index contributed by atoms with van der Waals surface area (Å²) in [5, 5.41) is 0. The van der Waals surface area contributed by atoms with E-state index in [1.54, 1.807) is 6.08 Å². The van der Waals surface area contributed by atoms with E-state index in [0.29, 0.717) is 0 Å². The fourth-order valence-corrected chi connectivity index (χ4v) is 0.892. The van der Waals surface area contributed by atoms with Crippen LogP contribution in [-0.4, -0.2) is 12.3 Å². The molecule has 0 saturated carbocycles. The Bertz CT molecular complexity index is 234. The SMILES string of the molecule is C=CC(=C)/C(=C/N)C(C)=NCC. The summed E-state index contributed by atoms with van der Waals surface area (Å²) in [5.74, 6) is 0. The number of aliphatic imine (C=N–C) groups is 1. The highest BCUT2D eigenvalue weighted by Gasteiger charge is 2.01. The van der Waals surface area contributed by atoms with Crippen molar-refractivity contribution in [2.24, 2.45) is 10.7 Å². The zero-order valence-corrected chi connectivity index (χ0v) is 7.80. The molecule has 0 bridgehead atoms. The van der Waals surface area contributed by atoms with Crippen LogP contribution in [0.15, 0.2) is 41.6 Å². The van der Waals surface area contributed by atoms with E-state index < -0.39 is 0 Å². The van der Waals surface area contributed by atoms with E-state index in [4.69, 9.17) is 5.73 Å². The highest BCUT2D eigenvalue weighted by Crippen LogP contribution is 2.09. The first kappa shape index (κ1) is 10.7. The van der Waals surface area contributed by atoms with Crippen molar-refractivity contribution in [3.05, 3.63) is 36.6 Å². The summed E-state index contributed by atoms with van der Waals surface area (Å²) in [6.07, 6.45) is 3.19. The third-order valence-corrected chi connectivity index (χ3v) is 1.54. The van der Waals surface area contributed by atoms with Crippen LogP contribution in [0.4, 0.5) is 0 Å². The molecule has 0 heterocycles. The van der Waals surface area contributed by atoms with Crippen LogP contribution in [0.5, 0.6) is 0 Å². The van der Waals surface area contributed by atoms with E-state index in [2.05, 4.69) is 18.2 Å². The predicted octanol–water partition coefficient (Wildman–Crippen LogP) is 2.05. The molecule has 0 unspecified atom stereocenters. The van der Waals surface area contributed by atoms with E-state index in [0.717, 1.165) is 23.4 Å². The lowest BCUT2D eigenvalue weighted by molar-refractivity contribution is 1.12. The summed E-state index contributed by atoms with van der Waals surface area (Å²) in [4.78, 5) is 4.22. The van der Waals surface area contributed by atoms with Gasteiger partial charge in [0.05, 0.1) is 0 Å². The molecule has 0 aliphatic carbocycles. The minimum Gasteiger partial charge on any atom is -0.404 e. The maximum absolute atomic E-state index is 5.43. The van der Waals surface area contributed by atoms with Gasteiger partial charge in [0.1, 0.15) is 0 Å². The smallest absolute Gasteiger partial charge is 0.0409 e. The van der Waals surface area contributed by atoms with Gasteiger partial charge >= 0.3 is 0 Å². The van der Waals surface area contributed by atoms with Crippen molar-refractivity contribution in [2.75, 3.05) is 6.54 Å². The van der Waals surface area contributed by atoms with Gasteiger partial charge in [0, 0.05) is 24.0 Å². The first-order valence-corrected chi connectivity index (χ1v) is 3.92. The van der Waals surface area contributed by atoms with Gasteiger partial charge in [-0.15, -0.1) is 0 Å². The zero-order valence-electron chi connectivity index (χ0n) is 7.80. The highest BCUT2D eigenvalue weighted by atomic mass is 14.7. The monoisotopic (exact) mass is 164 g/mol. The van der Waals surface area contributed by atoms with Crippen molar-refractivity contribution in [1.29, 1.82) is 0 Å². The Morgan fingerprint density at radius 3 is 2.50 bits per heavy atom. The minimum atomic E-state index is 0.758. The van der Waals surface area contributed by atoms with Crippen molar-refractivity contribution >= 4 is 5.71 Å². The van der Waals surface area contributed by atoms with Gasteiger partial charge in [-0.1, -0.05) is 19.2 Å². The van der Waals surface area contributed by atoms with E-state index in [1.165, 1.54) is 6.20 Å². The quantitative estimate of drug-likeness (QED) is 0.501. The number of nitrogens with two attached hydrogens (primary N) is 1. The summed E-state index contributed by atoms with van der Waals surface area (Å²) < 4.78 is 0. The van der Waals surface area contributed by atoms with Crippen LogP contribution < -0.4 is 5.73 Å². The van der Waals surface area contributed by atoms with Crippen LogP contribution in [0.1, 0.15) is 13.8 Å². The highest BCUT2D eigenvalue weighted by molar-refractivity contribution is 6.02. The Kier molecular flexibility index (Phi) is 4.77. The number of nitrogens with zero attached hydrogens (tertiary/aromatic N) is 1. The largest absolute Gasteiger partial charge is 0.404 e. The van der Waals surface area contributed by atoms with Gasteiger partial charge in [0.15, 0.2) is 0 Å². The Hall–Kier alpha value is -1.31. The first-order chi connectivity index (χ1) is 5.67. The lowest BCUT2D eigenvalue weighted by Crippen LogP contribution is -2.02. The number of allylic oxidation sites excluding steroid dienone is 3. The Morgan fingerprint density at radius 1 is 1.58 bits per heavy atom. The summed E-state index contributed by atoms with van der Waals surface area (Å²) >= 11 is 0. The number of rotatable bonds is 4. The molecule has 2 heteroatoms. The second-order valence-corrected chi connectivity index (χ2v) is 2.37. The predicted molar refractivity (Wildman–Crippen MR) is 55.3 cm³/mol. The number of hydrogen-bond acceptors (Lipinski definition) is 2. The second-order valence-electron chi connectivity index (χ2n) is 2.37. The summed E-state index contributed by atoms with van der Waals surface area (Å²) in [6.45, 7) is 12.1. The lowest BCUT2D eigenvalue weighted by Gasteiger charge is -2.04. The van der Waals surface area contributed by atoms with E-state index in [-0.39, 0.29) is 0 Å². The standard InChI is InChI=1S/C10H16N2/c1-5-8(3)10(7-11)9(4)12-6-2/h5,7H,1,3,6,11H2,2,4H3/b10-7-,12-9?. The van der Waals surface area contributed by atoms with Gasteiger partial charge in [0.2, 0.25) is 0 Å². The molecule has 0 aromatic rings. The van der Waals surface area contributed by atoms with Crippen LogP contribution >= 0.6 is 0 Å². The van der Waals surface area contributed by atoms with E-state index in [9.17, 15) is 0 Å². The molecule has 2 N–H and O–H groups in total. The molecule has 0 atom stereocenters. The molecule has 0 fully saturated rings. The Labute approximate surface area is 74.2 Å². The van der Waals surface area contributed by atoms with Crippen molar-refractivity contribution in [3.63, 3.8) is 0 Å². The van der Waals surface area contributed by atoms with E-state index in [1.807, 2.05) is 13.8 Å². The van der Waals surface area contributed by atoms with Gasteiger partial charge in [-0.3, -0.25) is 4.99 Å². The van der Waals surface area contributed by atoms with Gasteiger partial charge in [-0.25, -0.2) is 0 Å². The third kappa shape index (κ3) is 2.74. The molecule has 66 valence electrons. The molecule has 0 spiro atoms. The summed E-state index contributed by atoms with van der Waals surface area (Å²) in [6, 6.07) is 0. The van der Waals surface area contributed by atoms with Crippen molar-refractivity contribution in [3.8, 4) is 0 Å².